The first-order valence-corrected chi connectivity index (χ1v) is 17.6. The van der Waals surface area contributed by atoms with Crippen LogP contribution in [0, 0.1) is 27.7 Å². The highest BCUT2D eigenvalue weighted by atomic mass is 15.0. The van der Waals surface area contributed by atoms with Crippen molar-refractivity contribution in [2.24, 2.45) is 0 Å². The van der Waals surface area contributed by atoms with Crippen LogP contribution >= 0.6 is 0 Å². The summed E-state index contributed by atoms with van der Waals surface area (Å²) in [6.07, 6.45) is 1.86. The van der Waals surface area contributed by atoms with Crippen LogP contribution < -0.4 is 0 Å². The summed E-state index contributed by atoms with van der Waals surface area (Å²) in [7, 11) is 0. The van der Waals surface area contributed by atoms with Gasteiger partial charge in [0.25, 0.3) is 0 Å². The third-order valence-corrected chi connectivity index (χ3v) is 9.47. The van der Waals surface area contributed by atoms with Crippen molar-refractivity contribution in [2.45, 2.75) is 27.7 Å². The van der Waals surface area contributed by atoms with Gasteiger partial charge in [0.15, 0.2) is 17.5 Å². The first-order valence-electron chi connectivity index (χ1n) is 17.6. The van der Waals surface area contributed by atoms with Gasteiger partial charge in [-0.15, -0.1) is 0 Å². The average molecular weight is 671 g/mol. The van der Waals surface area contributed by atoms with Crippen LogP contribution in [-0.2, 0) is 0 Å². The molecule has 0 fully saturated rings. The zero-order valence-corrected chi connectivity index (χ0v) is 29.8. The molecule has 0 amide bonds. The number of aryl methyl sites for hydroxylation is 4. The van der Waals surface area contributed by atoms with Gasteiger partial charge in [-0.3, -0.25) is 4.98 Å². The maximum atomic E-state index is 4.93. The van der Waals surface area contributed by atoms with Gasteiger partial charge in [0.2, 0.25) is 0 Å². The minimum absolute atomic E-state index is 0.588. The molecule has 0 spiro atoms. The van der Waals surface area contributed by atoms with Crippen molar-refractivity contribution in [1.82, 2.24) is 19.9 Å². The van der Waals surface area contributed by atoms with Gasteiger partial charge < -0.3 is 0 Å². The Hall–Kier alpha value is -6.52. The van der Waals surface area contributed by atoms with E-state index in [1.54, 1.807) is 0 Å². The van der Waals surface area contributed by atoms with Crippen molar-refractivity contribution >= 4 is 0 Å². The number of rotatable bonds is 7. The third kappa shape index (κ3) is 7.05. The second-order valence-electron chi connectivity index (χ2n) is 13.6. The lowest BCUT2D eigenvalue weighted by Crippen LogP contribution is -2.00. The van der Waals surface area contributed by atoms with E-state index >= 15 is 0 Å². The monoisotopic (exact) mass is 670 g/mol. The van der Waals surface area contributed by atoms with Gasteiger partial charge >= 0.3 is 0 Å². The third-order valence-electron chi connectivity index (χ3n) is 9.47. The maximum absolute atomic E-state index is 4.93. The number of hydrogen-bond donors (Lipinski definition) is 0. The van der Waals surface area contributed by atoms with Crippen LogP contribution in [0.1, 0.15) is 22.3 Å². The van der Waals surface area contributed by atoms with Gasteiger partial charge in [-0.25, -0.2) is 15.0 Å². The summed E-state index contributed by atoms with van der Waals surface area (Å²) in [5.41, 5.74) is 16.6. The fourth-order valence-electron chi connectivity index (χ4n) is 6.34. The van der Waals surface area contributed by atoms with Crippen molar-refractivity contribution < 1.29 is 0 Å². The van der Waals surface area contributed by atoms with Gasteiger partial charge in [-0.1, -0.05) is 138 Å². The molecule has 250 valence electrons. The van der Waals surface area contributed by atoms with E-state index in [9.17, 15) is 0 Å². The molecule has 4 heteroatoms. The molecule has 0 unspecified atom stereocenters. The zero-order chi connectivity index (χ0) is 35.6. The van der Waals surface area contributed by atoms with E-state index in [2.05, 4.69) is 179 Å². The van der Waals surface area contributed by atoms with E-state index in [1.165, 1.54) is 44.5 Å². The van der Waals surface area contributed by atoms with E-state index in [1.807, 2.05) is 6.20 Å². The summed E-state index contributed by atoms with van der Waals surface area (Å²) in [6, 6.07) is 53.7. The Balaban J connectivity index is 1.16. The lowest BCUT2D eigenvalue weighted by molar-refractivity contribution is 1.07. The van der Waals surface area contributed by atoms with E-state index in [-0.39, 0.29) is 0 Å². The highest BCUT2D eigenvalue weighted by Gasteiger charge is 2.14. The van der Waals surface area contributed by atoms with Gasteiger partial charge in [-0.2, -0.15) is 0 Å². The van der Waals surface area contributed by atoms with Crippen LogP contribution in [0.25, 0.3) is 78.8 Å². The predicted octanol–water partition coefficient (Wildman–Crippen LogP) is 12.2. The SMILES string of the molecule is Cc1ccc(-c2cc(-c3ccc(C)cc3)cc(-c3cccc(-c4ccc(-c5nc(-c6ccc(C)cc6)nc(-c6ccc(C)cc6)n5)cn4)c3)c2)cc1. The molecular weight excluding hydrogens is 633 g/mol. The highest BCUT2D eigenvalue weighted by Crippen LogP contribution is 2.35. The normalized spacial score (nSPS) is 11.1. The van der Waals surface area contributed by atoms with Crippen LogP contribution in [0.5, 0.6) is 0 Å². The van der Waals surface area contributed by atoms with Crippen molar-refractivity contribution in [3.8, 4) is 78.8 Å². The van der Waals surface area contributed by atoms with Crippen LogP contribution in [0.3, 0.4) is 0 Å². The molecule has 52 heavy (non-hydrogen) atoms. The number of hydrogen-bond acceptors (Lipinski definition) is 4. The fourth-order valence-corrected chi connectivity index (χ4v) is 6.34. The number of nitrogens with zero attached hydrogens (tertiary/aromatic N) is 4. The van der Waals surface area contributed by atoms with Crippen molar-refractivity contribution in [1.29, 1.82) is 0 Å². The molecule has 8 rings (SSSR count). The molecule has 2 aromatic heterocycles. The van der Waals surface area contributed by atoms with Crippen molar-refractivity contribution in [3.63, 3.8) is 0 Å². The molecule has 0 radical (unpaired) electrons. The summed E-state index contributed by atoms with van der Waals surface area (Å²) in [5, 5.41) is 0. The molecule has 4 nitrogen and oxygen atoms in total. The standard InChI is InChI=1S/C48H38N4/c1-31-8-16-35(17-9-31)42-27-43(36-18-10-32(2)11-19-36)29-44(28-42)39-6-5-7-40(26-39)45-25-24-41(30-49-45)48-51-46(37-20-12-33(3)13-21-37)50-47(52-48)38-22-14-34(4)15-23-38/h5-30H,1-4H3. The van der Waals surface area contributed by atoms with Crippen LogP contribution in [0.4, 0.5) is 0 Å². The minimum atomic E-state index is 0.588. The van der Waals surface area contributed by atoms with Gasteiger partial charge in [-0.05, 0) is 97.5 Å². The van der Waals surface area contributed by atoms with Crippen LogP contribution in [-0.4, -0.2) is 19.9 Å². The van der Waals surface area contributed by atoms with Gasteiger partial charge in [0, 0.05) is 28.5 Å². The second kappa shape index (κ2) is 14.0. The molecule has 2 heterocycles. The topological polar surface area (TPSA) is 51.6 Å². The average Bonchev–Trinajstić information content (AvgIpc) is 3.19. The minimum Gasteiger partial charge on any atom is -0.255 e. The van der Waals surface area contributed by atoms with Gasteiger partial charge in [0.05, 0.1) is 5.69 Å². The van der Waals surface area contributed by atoms with Crippen LogP contribution in [0.15, 0.2) is 158 Å². The molecule has 0 bridgehead atoms. The molecule has 0 aliphatic rings. The quantitative estimate of drug-likeness (QED) is 0.169. The van der Waals surface area contributed by atoms with Crippen molar-refractivity contribution in [3.05, 3.63) is 180 Å². The summed E-state index contributed by atoms with van der Waals surface area (Å²) < 4.78 is 0. The lowest BCUT2D eigenvalue weighted by Gasteiger charge is -2.13. The Morgan fingerprint density at radius 2 is 0.635 bits per heavy atom. The summed E-state index contributed by atoms with van der Waals surface area (Å²) in [6.45, 7) is 8.40. The Morgan fingerprint density at radius 1 is 0.288 bits per heavy atom. The molecule has 0 saturated carbocycles. The van der Waals surface area contributed by atoms with E-state index in [0.29, 0.717) is 17.5 Å². The lowest BCUT2D eigenvalue weighted by atomic mass is 9.92. The number of pyridine rings is 1. The molecule has 0 saturated heterocycles. The first kappa shape index (κ1) is 32.7. The predicted molar refractivity (Wildman–Crippen MR) is 215 cm³/mol. The zero-order valence-electron chi connectivity index (χ0n) is 29.8. The Labute approximate surface area is 305 Å². The summed E-state index contributed by atoms with van der Waals surface area (Å²) in [5.74, 6) is 1.86. The summed E-state index contributed by atoms with van der Waals surface area (Å²) in [4.78, 5) is 19.6. The Morgan fingerprint density at radius 3 is 1.06 bits per heavy atom. The van der Waals surface area contributed by atoms with Gasteiger partial charge in [0.1, 0.15) is 0 Å². The molecule has 0 aliphatic heterocycles. The molecule has 0 atom stereocenters. The maximum Gasteiger partial charge on any atom is 0.165 e. The fraction of sp³-hybridized carbons (Fsp3) is 0.0833. The highest BCUT2D eigenvalue weighted by molar-refractivity contribution is 5.83. The van der Waals surface area contributed by atoms with E-state index in [0.717, 1.165) is 39.1 Å². The number of benzene rings is 6. The first-order chi connectivity index (χ1) is 25.3. The molecule has 0 N–H and O–H groups in total. The second-order valence-corrected chi connectivity index (χ2v) is 13.6. The molecule has 8 aromatic rings. The molecule has 0 aliphatic carbocycles. The largest absolute Gasteiger partial charge is 0.255 e. The van der Waals surface area contributed by atoms with Crippen LogP contribution in [0.2, 0.25) is 0 Å². The number of aromatic nitrogens is 4. The summed E-state index contributed by atoms with van der Waals surface area (Å²) >= 11 is 0. The Kier molecular flexibility index (Phi) is 8.80. The molecule has 6 aromatic carbocycles. The van der Waals surface area contributed by atoms with E-state index < -0.39 is 0 Å². The molecular formula is C48H38N4. The Bertz CT molecular complexity index is 2370. The smallest absolute Gasteiger partial charge is 0.165 e. The van der Waals surface area contributed by atoms with E-state index in [4.69, 9.17) is 19.9 Å². The van der Waals surface area contributed by atoms with Crippen molar-refractivity contribution in [2.75, 3.05) is 0 Å².